The van der Waals surface area contributed by atoms with E-state index in [9.17, 15) is 9.50 Å². The third kappa shape index (κ3) is 3.07. The van der Waals surface area contributed by atoms with Gasteiger partial charge in [0.2, 0.25) is 0 Å². The number of benzene rings is 1. The fourth-order valence-corrected chi connectivity index (χ4v) is 4.69. The summed E-state index contributed by atoms with van der Waals surface area (Å²) in [6.45, 7) is 2.16. The second-order valence-corrected chi connectivity index (χ2v) is 8.41. The number of halogens is 1. The third-order valence-electron chi connectivity index (χ3n) is 6.36. The van der Waals surface area contributed by atoms with Crippen molar-refractivity contribution in [1.82, 2.24) is 25.5 Å². The predicted molar refractivity (Wildman–Crippen MR) is 108 cm³/mol. The van der Waals surface area contributed by atoms with Gasteiger partial charge >= 0.3 is 0 Å². The summed E-state index contributed by atoms with van der Waals surface area (Å²) in [5.41, 5.74) is 0.472. The average molecular weight is 394 g/mol. The van der Waals surface area contributed by atoms with Crippen LogP contribution in [0.25, 0.3) is 22.2 Å². The van der Waals surface area contributed by atoms with Gasteiger partial charge in [-0.2, -0.15) is 0 Å². The Morgan fingerprint density at radius 1 is 1.24 bits per heavy atom. The number of aromatic nitrogens is 4. The van der Waals surface area contributed by atoms with Gasteiger partial charge in [0.25, 0.3) is 0 Å². The maximum absolute atomic E-state index is 15.0. The van der Waals surface area contributed by atoms with E-state index < -0.39 is 6.17 Å². The van der Waals surface area contributed by atoms with E-state index >= 15 is 0 Å². The first kappa shape index (κ1) is 18.2. The van der Waals surface area contributed by atoms with Gasteiger partial charge in [0.15, 0.2) is 11.6 Å². The maximum Gasteiger partial charge on any atom is 0.185 e. The SMILES string of the molecule is CN(c1cnc(-c2cc3ccncc3cc2O)nn1)[C@H]1C[C@]2(C)CC[C@@H](N2)[C@@H]1F. The molecule has 3 aromatic rings. The van der Waals surface area contributed by atoms with Crippen molar-refractivity contribution in [2.45, 2.75) is 50.0 Å². The minimum Gasteiger partial charge on any atom is -0.507 e. The molecule has 2 fully saturated rings. The standard InChI is InChI=1S/C21H23FN6O/c1-21-5-3-15(25-21)19(22)16(9-21)28(2)18-11-24-20(27-26-18)14-7-12-4-6-23-10-13(12)8-17(14)29/h4,6-8,10-11,15-16,19,25,29H,3,5,9H2,1-2H3/t15-,16+,19+,21+/m1/s1. The van der Waals surface area contributed by atoms with Crippen LogP contribution in [0.4, 0.5) is 10.2 Å². The molecule has 0 saturated carbocycles. The van der Waals surface area contributed by atoms with Crippen molar-refractivity contribution in [2.24, 2.45) is 0 Å². The minimum atomic E-state index is -0.963. The highest BCUT2D eigenvalue weighted by atomic mass is 19.1. The summed E-state index contributed by atoms with van der Waals surface area (Å²) in [5, 5.41) is 24.0. The lowest BCUT2D eigenvalue weighted by atomic mass is 9.87. The van der Waals surface area contributed by atoms with Crippen molar-refractivity contribution in [3.05, 3.63) is 36.8 Å². The number of alkyl halides is 1. The van der Waals surface area contributed by atoms with Crippen LogP contribution in [-0.4, -0.2) is 56.1 Å². The summed E-state index contributed by atoms with van der Waals surface area (Å²) in [4.78, 5) is 10.3. The molecular weight excluding hydrogens is 371 g/mol. The van der Waals surface area contributed by atoms with Crippen molar-refractivity contribution >= 4 is 16.6 Å². The number of hydrogen-bond donors (Lipinski definition) is 2. The number of fused-ring (bicyclic) bond motifs is 3. The van der Waals surface area contributed by atoms with Gasteiger partial charge in [0, 0.05) is 36.4 Å². The molecule has 0 unspecified atom stereocenters. The Kier molecular flexibility index (Phi) is 4.13. The number of piperidine rings is 1. The van der Waals surface area contributed by atoms with Crippen LogP contribution in [0.3, 0.4) is 0 Å². The molecule has 4 heterocycles. The Labute approximate surface area is 168 Å². The lowest BCUT2D eigenvalue weighted by molar-refractivity contribution is 0.144. The van der Waals surface area contributed by atoms with E-state index in [4.69, 9.17) is 0 Å². The molecule has 2 bridgehead atoms. The van der Waals surface area contributed by atoms with Crippen LogP contribution in [0.2, 0.25) is 0 Å². The van der Waals surface area contributed by atoms with Crippen LogP contribution >= 0.6 is 0 Å². The molecule has 0 spiro atoms. The predicted octanol–water partition coefficient (Wildman–Crippen LogP) is 2.85. The van der Waals surface area contributed by atoms with Gasteiger partial charge in [0.1, 0.15) is 11.9 Å². The topological polar surface area (TPSA) is 87.1 Å². The lowest BCUT2D eigenvalue weighted by Crippen LogP contribution is -2.60. The number of nitrogens with zero attached hydrogens (tertiary/aromatic N) is 5. The second-order valence-electron chi connectivity index (χ2n) is 8.41. The van der Waals surface area contributed by atoms with Crippen LogP contribution in [-0.2, 0) is 0 Å². The van der Waals surface area contributed by atoms with Gasteiger partial charge in [0.05, 0.1) is 17.8 Å². The van der Waals surface area contributed by atoms with Crippen molar-refractivity contribution in [3.8, 4) is 17.1 Å². The van der Waals surface area contributed by atoms with E-state index in [1.54, 1.807) is 24.7 Å². The number of aromatic hydroxyl groups is 1. The molecule has 29 heavy (non-hydrogen) atoms. The number of phenols is 1. The highest BCUT2D eigenvalue weighted by molar-refractivity contribution is 5.88. The lowest BCUT2D eigenvalue weighted by Gasteiger charge is -2.43. The minimum absolute atomic E-state index is 0.0290. The van der Waals surface area contributed by atoms with Gasteiger partial charge in [-0.1, -0.05) is 0 Å². The average Bonchev–Trinajstić information content (AvgIpc) is 3.07. The maximum atomic E-state index is 15.0. The molecule has 150 valence electrons. The first-order valence-corrected chi connectivity index (χ1v) is 9.85. The zero-order chi connectivity index (χ0) is 20.2. The van der Waals surface area contributed by atoms with Gasteiger partial charge in [-0.25, -0.2) is 9.37 Å². The zero-order valence-corrected chi connectivity index (χ0v) is 16.4. The first-order valence-electron chi connectivity index (χ1n) is 9.85. The number of hydrogen-bond acceptors (Lipinski definition) is 7. The smallest absolute Gasteiger partial charge is 0.185 e. The molecule has 4 atom stereocenters. The van der Waals surface area contributed by atoms with Crippen LogP contribution in [0.15, 0.2) is 36.8 Å². The van der Waals surface area contributed by atoms with E-state index in [1.807, 2.05) is 24.1 Å². The fraction of sp³-hybridized carbons (Fsp3) is 0.429. The highest BCUT2D eigenvalue weighted by Gasteiger charge is 2.49. The van der Waals surface area contributed by atoms with E-state index in [1.165, 1.54) is 0 Å². The van der Waals surface area contributed by atoms with Gasteiger partial charge in [-0.15, -0.1) is 10.2 Å². The van der Waals surface area contributed by atoms with Crippen LogP contribution in [0.1, 0.15) is 26.2 Å². The number of nitrogens with one attached hydrogen (secondary N) is 1. The van der Waals surface area contributed by atoms with Crippen molar-refractivity contribution in [3.63, 3.8) is 0 Å². The molecular formula is C21H23FN6O. The quantitative estimate of drug-likeness (QED) is 0.706. The molecule has 1 aromatic carbocycles. The van der Waals surface area contributed by atoms with E-state index in [0.717, 1.165) is 23.6 Å². The summed E-state index contributed by atoms with van der Waals surface area (Å²) in [7, 11) is 1.84. The Balaban J connectivity index is 1.42. The van der Waals surface area contributed by atoms with E-state index in [2.05, 4.69) is 32.4 Å². The van der Waals surface area contributed by atoms with Gasteiger partial charge in [-0.3, -0.25) is 4.98 Å². The molecule has 7 nitrogen and oxygen atoms in total. The molecule has 5 rings (SSSR count). The summed E-state index contributed by atoms with van der Waals surface area (Å²) in [5.74, 6) is 0.920. The van der Waals surface area contributed by atoms with Crippen LogP contribution in [0.5, 0.6) is 5.75 Å². The monoisotopic (exact) mass is 394 g/mol. The largest absolute Gasteiger partial charge is 0.507 e. The van der Waals surface area contributed by atoms with Crippen molar-refractivity contribution in [2.75, 3.05) is 11.9 Å². The van der Waals surface area contributed by atoms with Crippen LogP contribution < -0.4 is 10.2 Å². The van der Waals surface area contributed by atoms with E-state index in [-0.39, 0.29) is 23.4 Å². The molecule has 2 N–H and O–H groups in total. The Morgan fingerprint density at radius 2 is 2.10 bits per heavy atom. The Bertz CT molecular complexity index is 1060. The number of phenolic OH excluding ortho intramolecular Hbond substituents is 1. The summed E-state index contributed by atoms with van der Waals surface area (Å²) < 4.78 is 15.0. The van der Waals surface area contributed by atoms with Gasteiger partial charge < -0.3 is 15.3 Å². The fourth-order valence-electron chi connectivity index (χ4n) is 4.69. The molecule has 0 radical (unpaired) electrons. The molecule has 8 heteroatoms. The van der Waals surface area contributed by atoms with Gasteiger partial charge in [-0.05, 0) is 49.8 Å². The number of rotatable bonds is 3. The molecule has 2 aromatic heterocycles. The summed E-state index contributed by atoms with van der Waals surface area (Å²) in [6.07, 6.45) is 6.58. The third-order valence-corrected chi connectivity index (χ3v) is 6.36. The molecule has 2 saturated heterocycles. The zero-order valence-electron chi connectivity index (χ0n) is 16.4. The molecule has 2 aliphatic heterocycles. The van der Waals surface area contributed by atoms with E-state index in [0.29, 0.717) is 23.6 Å². The van der Waals surface area contributed by atoms with Crippen molar-refractivity contribution in [1.29, 1.82) is 0 Å². The summed E-state index contributed by atoms with van der Waals surface area (Å²) >= 11 is 0. The second kappa shape index (κ2) is 6.59. The molecule has 0 aliphatic carbocycles. The van der Waals surface area contributed by atoms with Crippen LogP contribution in [0, 0.1) is 0 Å². The molecule has 2 aliphatic rings. The Hall–Kier alpha value is -2.87. The number of anilines is 1. The Morgan fingerprint density at radius 3 is 2.90 bits per heavy atom. The number of pyridine rings is 1. The van der Waals surface area contributed by atoms with Crippen molar-refractivity contribution < 1.29 is 9.50 Å². The molecule has 0 amide bonds. The highest BCUT2D eigenvalue weighted by Crippen LogP contribution is 2.39. The first-order chi connectivity index (χ1) is 13.9. The normalized spacial score (nSPS) is 28.6. The summed E-state index contributed by atoms with van der Waals surface area (Å²) in [6, 6.07) is 4.94.